The van der Waals surface area contributed by atoms with E-state index in [0.717, 1.165) is 55.3 Å². The third-order valence-electron chi connectivity index (χ3n) is 4.95. The van der Waals surface area contributed by atoms with Gasteiger partial charge in [0, 0.05) is 49.2 Å². The van der Waals surface area contributed by atoms with Crippen molar-refractivity contribution >= 4 is 11.3 Å². The molecule has 1 fully saturated rings. The van der Waals surface area contributed by atoms with Crippen LogP contribution in [0, 0.1) is 0 Å². The fourth-order valence-electron chi connectivity index (χ4n) is 3.37. The fourth-order valence-corrected chi connectivity index (χ4v) is 4.01. The summed E-state index contributed by atoms with van der Waals surface area (Å²) in [5, 5.41) is 8.13. The Labute approximate surface area is 168 Å². The molecule has 0 bridgehead atoms. The van der Waals surface area contributed by atoms with Crippen LogP contribution in [0.15, 0.2) is 39.5 Å². The molecular weight excluding hydrogens is 376 g/mol. The Kier molecular flexibility index (Phi) is 5.90. The minimum Gasteiger partial charge on any atom is -0.497 e. The smallest absolute Gasteiger partial charge is 0.241 e. The van der Waals surface area contributed by atoms with Crippen LogP contribution in [0.1, 0.15) is 11.5 Å². The van der Waals surface area contributed by atoms with Crippen LogP contribution in [0.5, 0.6) is 11.5 Å². The second-order valence-electron chi connectivity index (χ2n) is 6.75. The lowest BCUT2D eigenvalue weighted by molar-refractivity contribution is 0.111. The maximum absolute atomic E-state index is 5.50. The fraction of sp³-hybridized carbons (Fsp3) is 0.400. The van der Waals surface area contributed by atoms with Crippen molar-refractivity contribution in [3.63, 3.8) is 0 Å². The molecule has 2 aromatic heterocycles. The molecule has 4 rings (SSSR count). The molecule has 8 heteroatoms. The third-order valence-corrected chi connectivity index (χ3v) is 5.64. The van der Waals surface area contributed by atoms with Gasteiger partial charge in [-0.3, -0.25) is 9.80 Å². The molecule has 1 aliphatic heterocycles. The summed E-state index contributed by atoms with van der Waals surface area (Å²) in [6, 6.07) is 7.95. The van der Waals surface area contributed by atoms with Crippen LogP contribution >= 0.6 is 11.3 Å². The Morgan fingerprint density at radius 3 is 2.50 bits per heavy atom. The average molecular weight is 401 g/mol. The van der Waals surface area contributed by atoms with Crippen molar-refractivity contribution in [2.45, 2.75) is 13.1 Å². The van der Waals surface area contributed by atoms with Gasteiger partial charge < -0.3 is 14.0 Å². The molecule has 0 saturated carbocycles. The first kappa shape index (κ1) is 18.9. The number of piperazine rings is 1. The topological polar surface area (TPSA) is 63.9 Å². The number of nitrogens with zero attached hydrogens (tertiary/aromatic N) is 4. The molecule has 28 heavy (non-hydrogen) atoms. The number of aromatic nitrogens is 2. The summed E-state index contributed by atoms with van der Waals surface area (Å²) < 4.78 is 16.3. The zero-order chi connectivity index (χ0) is 19.3. The predicted octanol–water partition coefficient (Wildman–Crippen LogP) is 3.13. The number of hydrogen-bond donors (Lipinski definition) is 0. The van der Waals surface area contributed by atoms with Crippen LogP contribution in [0.4, 0.5) is 0 Å². The average Bonchev–Trinajstić information content (AvgIpc) is 3.41. The molecule has 0 radical (unpaired) electrons. The number of ether oxygens (including phenoxy) is 2. The second-order valence-corrected chi connectivity index (χ2v) is 7.53. The Morgan fingerprint density at radius 2 is 1.82 bits per heavy atom. The van der Waals surface area contributed by atoms with Crippen molar-refractivity contribution < 1.29 is 14.0 Å². The van der Waals surface area contributed by atoms with E-state index in [-0.39, 0.29) is 0 Å². The van der Waals surface area contributed by atoms with E-state index in [1.165, 1.54) is 0 Å². The normalized spacial score (nSPS) is 15.6. The zero-order valence-corrected chi connectivity index (χ0v) is 16.9. The number of thiophene rings is 1. The lowest BCUT2D eigenvalue weighted by Gasteiger charge is -2.34. The van der Waals surface area contributed by atoms with Crippen molar-refractivity contribution in [2.75, 3.05) is 40.4 Å². The van der Waals surface area contributed by atoms with Crippen molar-refractivity contribution in [3.8, 4) is 22.9 Å². The number of hydrogen-bond acceptors (Lipinski definition) is 8. The first-order valence-electron chi connectivity index (χ1n) is 9.26. The second kappa shape index (κ2) is 8.72. The Balaban J connectivity index is 1.31. The predicted molar refractivity (Wildman–Crippen MR) is 108 cm³/mol. The molecule has 0 amide bonds. The van der Waals surface area contributed by atoms with Crippen molar-refractivity contribution in [3.05, 3.63) is 46.5 Å². The maximum Gasteiger partial charge on any atom is 0.241 e. The molecule has 1 aromatic carbocycles. The van der Waals surface area contributed by atoms with Crippen molar-refractivity contribution in [1.82, 2.24) is 19.9 Å². The summed E-state index contributed by atoms with van der Waals surface area (Å²) in [5.74, 6) is 3.09. The zero-order valence-electron chi connectivity index (χ0n) is 16.1. The van der Waals surface area contributed by atoms with Crippen molar-refractivity contribution in [2.24, 2.45) is 0 Å². The molecule has 1 saturated heterocycles. The molecule has 148 valence electrons. The molecule has 1 aliphatic rings. The van der Waals surface area contributed by atoms with Gasteiger partial charge in [-0.1, -0.05) is 5.16 Å². The first-order valence-corrected chi connectivity index (χ1v) is 10.2. The maximum atomic E-state index is 5.50. The van der Waals surface area contributed by atoms with Gasteiger partial charge in [0.1, 0.15) is 11.5 Å². The van der Waals surface area contributed by atoms with Crippen LogP contribution in [0.3, 0.4) is 0 Å². The van der Waals surface area contributed by atoms with E-state index in [0.29, 0.717) is 18.3 Å². The standard InChI is InChI=1S/C20H24N4O3S/c1-25-17-3-4-18(26-2)16(11-17)12-23-6-8-24(9-7-23)13-19-21-20(22-27-19)15-5-10-28-14-15/h3-5,10-11,14H,6-9,12-13H2,1-2H3. The summed E-state index contributed by atoms with van der Waals surface area (Å²) >= 11 is 1.63. The molecule has 3 aromatic rings. The SMILES string of the molecule is COc1ccc(OC)c(CN2CCN(Cc3nc(-c4ccsc4)no3)CC2)c1. The van der Waals surface area contributed by atoms with E-state index >= 15 is 0 Å². The van der Waals surface area contributed by atoms with Gasteiger partial charge in [-0.05, 0) is 29.6 Å². The third kappa shape index (κ3) is 4.35. The van der Waals surface area contributed by atoms with Crippen LogP contribution < -0.4 is 9.47 Å². The van der Waals surface area contributed by atoms with E-state index in [4.69, 9.17) is 14.0 Å². The summed E-state index contributed by atoms with van der Waals surface area (Å²) in [6.07, 6.45) is 0. The van der Waals surface area contributed by atoms with Crippen LogP contribution in [-0.2, 0) is 13.1 Å². The van der Waals surface area contributed by atoms with E-state index < -0.39 is 0 Å². The molecular formula is C20H24N4O3S. The highest BCUT2D eigenvalue weighted by Crippen LogP contribution is 2.26. The highest BCUT2D eigenvalue weighted by molar-refractivity contribution is 7.08. The van der Waals surface area contributed by atoms with Crippen LogP contribution in [0.2, 0.25) is 0 Å². The molecule has 0 spiro atoms. The molecule has 0 unspecified atom stereocenters. The minimum absolute atomic E-state index is 0.667. The summed E-state index contributed by atoms with van der Waals surface area (Å²) in [7, 11) is 3.39. The first-order chi connectivity index (χ1) is 13.7. The summed E-state index contributed by atoms with van der Waals surface area (Å²) in [4.78, 5) is 9.30. The quantitative estimate of drug-likeness (QED) is 0.604. The van der Waals surface area contributed by atoms with Crippen molar-refractivity contribution in [1.29, 1.82) is 0 Å². The summed E-state index contributed by atoms with van der Waals surface area (Å²) in [6.45, 7) is 5.41. The van der Waals surface area contributed by atoms with Gasteiger partial charge in [-0.2, -0.15) is 16.3 Å². The number of benzene rings is 1. The Morgan fingerprint density at radius 1 is 1.04 bits per heavy atom. The van der Waals surface area contributed by atoms with Gasteiger partial charge in [0.2, 0.25) is 11.7 Å². The molecule has 0 N–H and O–H groups in total. The molecule has 7 nitrogen and oxygen atoms in total. The largest absolute Gasteiger partial charge is 0.497 e. The monoisotopic (exact) mass is 400 g/mol. The Hall–Kier alpha value is -2.42. The van der Waals surface area contributed by atoms with Gasteiger partial charge in [0.05, 0.1) is 20.8 Å². The van der Waals surface area contributed by atoms with Crippen LogP contribution in [0.25, 0.3) is 11.4 Å². The number of rotatable bonds is 7. The number of methoxy groups -OCH3 is 2. The minimum atomic E-state index is 0.667. The highest BCUT2D eigenvalue weighted by Gasteiger charge is 2.20. The van der Waals surface area contributed by atoms with Crippen LogP contribution in [-0.4, -0.2) is 60.3 Å². The highest BCUT2D eigenvalue weighted by atomic mass is 32.1. The molecule has 0 atom stereocenters. The van der Waals surface area contributed by atoms with E-state index in [1.807, 2.05) is 29.0 Å². The lowest BCUT2D eigenvalue weighted by Crippen LogP contribution is -2.45. The Bertz CT molecular complexity index is 889. The molecule has 0 aliphatic carbocycles. The van der Waals surface area contributed by atoms with E-state index in [9.17, 15) is 0 Å². The van der Waals surface area contributed by atoms with Gasteiger partial charge in [0.25, 0.3) is 0 Å². The lowest BCUT2D eigenvalue weighted by atomic mass is 10.1. The molecule has 3 heterocycles. The van der Waals surface area contributed by atoms with Gasteiger partial charge in [-0.15, -0.1) is 0 Å². The van der Waals surface area contributed by atoms with Gasteiger partial charge >= 0.3 is 0 Å². The van der Waals surface area contributed by atoms with Gasteiger partial charge in [-0.25, -0.2) is 0 Å². The van der Waals surface area contributed by atoms with Gasteiger partial charge in [0.15, 0.2) is 0 Å². The van der Waals surface area contributed by atoms with E-state index in [2.05, 4.69) is 26.0 Å². The summed E-state index contributed by atoms with van der Waals surface area (Å²) in [5.41, 5.74) is 2.16. The van der Waals surface area contributed by atoms with E-state index in [1.54, 1.807) is 25.6 Å².